The van der Waals surface area contributed by atoms with Crippen molar-refractivity contribution in [3.63, 3.8) is 0 Å². The lowest BCUT2D eigenvalue weighted by molar-refractivity contribution is 0.00294. The minimum absolute atomic E-state index is 0.0837. The third kappa shape index (κ3) is 4.53. The Labute approximate surface area is 196 Å². The number of carbonyl (C=O) groups excluding carboxylic acids is 1. The topological polar surface area (TPSA) is 90.6 Å². The zero-order valence-corrected chi connectivity index (χ0v) is 19.1. The fourth-order valence-electron chi connectivity index (χ4n) is 4.94. The largest absolute Gasteiger partial charge is 0.379 e. The molecule has 0 unspecified atom stereocenters. The average Bonchev–Trinajstić information content (AvgIpc) is 2.89. The maximum absolute atomic E-state index is 13.5. The maximum atomic E-state index is 13.5. The smallest absolute Gasteiger partial charge is 0.269 e. The maximum Gasteiger partial charge on any atom is 0.269 e. The summed E-state index contributed by atoms with van der Waals surface area (Å²) in [6.45, 7) is 4.74. The molecule has 9 heteroatoms. The van der Waals surface area contributed by atoms with E-state index in [0.717, 1.165) is 49.4 Å². The number of fused-ring (bicyclic) bond motifs is 1. The van der Waals surface area contributed by atoms with Gasteiger partial charge < -0.3 is 19.9 Å². The van der Waals surface area contributed by atoms with Crippen molar-refractivity contribution in [2.75, 3.05) is 51.3 Å². The van der Waals surface area contributed by atoms with E-state index in [2.05, 4.69) is 25.1 Å². The van der Waals surface area contributed by atoms with E-state index >= 15 is 0 Å². The van der Waals surface area contributed by atoms with Crippen molar-refractivity contribution in [1.29, 1.82) is 0 Å². The van der Waals surface area contributed by atoms with Gasteiger partial charge in [0, 0.05) is 56.3 Å². The average molecular weight is 466 g/mol. The van der Waals surface area contributed by atoms with Crippen LogP contribution in [0.5, 0.6) is 0 Å². The van der Waals surface area contributed by atoms with E-state index in [0.29, 0.717) is 24.3 Å². The fourth-order valence-corrected chi connectivity index (χ4v) is 4.94. The van der Waals surface area contributed by atoms with E-state index in [-0.39, 0.29) is 23.4 Å². The Morgan fingerprint density at radius 3 is 2.71 bits per heavy atom. The van der Waals surface area contributed by atoms with Gasteiger partial charge in [0.1, 0.15) is 11.5 Å². The molecule has 1 amide bonds. The van der Waals surface area contributed by atoms with E-state index in [4.69, 9.17) is 4.74 Å². The second-order valence-corrected chi connectivity index (χ2v) is 8.91. The molecule has 0 saturated carbocycles. The van der Waals surface area contributed by atoms with Crippen molar-refractivity contribution in [3.8, 4) is 0 Å². The van der Waals surface area contributed by atoms with Crippen LogP contribution >= 0.6 is 0 Å². The van der Waals surface area contributed by atoms with Crippen LogP contribution < -0.4 is 15.8 Å². The number of ether oxygens (including phenoxy) is 1. The predicted octanol–water partition coefficient (Wildman–Crippen LogP) is 2.12. The van der Waals surface area contributed by atoms with Crippen molar-refractivity contribution >= 4 is 22.4 Å². The molecule has 2 aromatic heterocycles. The van der Waals surface area contributed by atoms with Gasteiger partial charge in [-0.2, -0.15) is 0 Å². The number of rotatable bonds is 4. The number of benzene rings is 1. The quantitative estimate of drug-likeness (QED) is 0.614. The number of aromatic nitrogens is 2. The van der Waals surface area contributed by atoms with Crippen LogP contribution in [0.1, 0.15) is 28.5 Å². The van der Waals surface area contributed by atoms with Crippen LogP contribution in [-0.4, -0.2) is 73.3 Å². The predicted molar refractivity (Wildman–Crippen MR) is 128 cm³/mol. The SMILES string of the molecule is CNC(=O)c1ccc(N2CCN([C@H]3COC[C@@H](c4cc5ccc(F)cc5c(=O)[nH]4)C3)CC2)cn1. The molecule has 0 aliphatic carbocycles. The highest BCUT2D eigenvalue weighted by Gasteiger charge is 2.31. The summed E-state index contributed by atoms with van der Waals surface area (Å²) >= 11 is 0. The zero-order chi connectivity index (χ0) is 23.7. The summed E-state index contributed by atoms with van der Waals surface area (Å²) in [4.78, 5) is 36.2. The second kappa shape index (κ2) is 9.52. The van der Waals surface area contributed by atoms with Crippen molar-refractivity contribution in [1.82, 2.24) is 20.2 Å². The Kier molecular flexibility index (Phi) is 6.30. The van der Waals surface area contributed by atoms with E-state index in [9.17, 15) is 14.0 Å². The first-order chi connectivity index (χ1) is 16.5. The highest BCUT2D eigenvalue weighted by molar-refractivity contribution is 5.92. The minimum atomic E-state index is -0.413. The molecule has 0 radical (unpaired) electrons. The van der Waals surface area contributed by atoms with Crippen LogP contribution in [0, 0.1) is 5.82 Å². The van der Waals surface area contributed by atoms with Gasteiger partial charge in [0.2, 0.25) is 0 Å². The molecule has 2 N–H and O–H groups in total. The molecule has 178 valence electrons. The highest BCUT2D eigenvalue weighted by atomic mass is 19.1. The molecule has 0 bridgehead atoms. The molecule has 0 spiro atoms. The van der Waals surface area contributed by atoms with Gasteiger partial charge in [-0.25, -0.2) is 9.37 Å². The number of carbonyl (C=O) groups is 1. The van der Waals surface area contributed by atoms with Gasteiger partial charge in [-0.3, -0.25) is 14.5 Å². The number of nitrogens with zero attached hydrogens (tertiary/aromatic N) is 3. The van der Waals surface area contributed by atoms with Crippen LogP contribution in [0.25, 0.3) is 10.8 Å². The third-order valence-corrected chi connectivity index (χ3v) is 6.86. The fraction of sp³-hybridized carbons (Fsp3) is 0.400. The molecule has 8 nitrogen and oxygen atoms in total. The number of H-pyrrole nitrogens is 1. The van der Waals surface area contributed by atoms with E-state index in [1.54, 1.807) is 25.4 Å². The van der Waals surface area contributed by atoms with Crippen molar-refractivity contribution in [2.45, 2.75) is 18.4 Å². The van der Waals surface area contributed by atoms with Crippen molar-refractivity contribution in [3.05, 3.63) is 70.2 Å². The van der Waals surface area contributed by atoms with Gasteiger partial charge in [-0.05, 0) is 42.1 Å². The lowest BCUT2D eigenvalue weighted by Gasteiger charge is -2.42. The van der Waals surface area contributed by atoms with Crippen LogP contribution in [0.4, 0.5) is 10.1 Å². The Morgan fingerprint density at radius 2 is 1.97 bits per heavy atom. The number of amides is 1. The number of nitrogens with one attached hydrogen (secondary N) is 2. The summed E-state index contributed by atoms with van der Waals surface area (Å²) in [7, 11) is 1.59. The summed E-state index contributed by atoms with van der Waals surface area (Å²) in [5, 5.41) is 3.69. The summed E-state index contributed by atoms with van der Waals surface area (Å²) in [6.07, 6.45) is 2.65. The second-order valence-electron chi connectivity index (χ2n) is 8.91. The number of hydrogen-bond donors (Lipinski definition) is 2. The monoisotopic (exact) mass is 465 g/mol. The van der Waals surface area contributed by atoms with Gasteiger partial charge in [-0.1, -0.05) is 6.07 Å². The normalized spacial score (nSPS) is 21.5. The van der Waals surface area contributed by atoms with Gasteiger partial charge in [0.05, 0.1) is 25.1 Å². The van der Waals surface area contributed by atoms with Gasteiger partial charge >= 0.3 is 0 Å². The van der Waals surface area contributed by atoms with Crippen molar-refractivity contribution in [2.24, 2.45) is 0 Å². The highest BCUT2D eigenvalue weighted by Crippen LogP contribution is 2.29. The molecule has 4 heterocycles. The molecule has 2 aliphatic rings. The van der Waals surface area contributed by atoms with E-state index in [1.807, 2.05) is 12.1 Å². The summed E-state index contributed by atoms with van der Waals surface area (Å²) in [5.74, 6) is -0.521. The van der Waals surface area contributed by atoms with E-state index < -0.39 is 5.82 Å². The van der Waals surface area contributed by atoms with Crippen LogP contribution in [0.3, 0.4) is 0 Å². The zero-order valence-electron chi connectivity index (χ0n) is 19.1. The Bertz CT molecular complexity index is 1240. The number of piperazine rings is 1. The number of hydrogen-bond acceptors (Lipinski definition) is 6. The number of halogens is 1. The minimum Gasteiger partial charge on any atom is -0.379 e. The first kappa shape index (κ1) is 22.5. The molecular weight excluding hydrogens is 437 g/mol. The first-order valence-electron chi connectivity index (χ1n) is 11.6. The Balaban J connectivity index is 1.23. The van der Waals surface area contributed by atoms with Crippen LogP contribution in [-0.2, 0) is 4.74 Å². The van der Waals surface area contributed by atoms with Gasteiger partial charge in [0.15, 0.2) is 0 Å². The van der Waals surface area contributed by atoms with Gasteiger partial charge in [0.25, 0.3) is 11.5 Å². The lowest BCUT2D eigenvalue weighted by Crippen LogP contribution is -2.53. The number of aromatic amines is 1. The molecule has 2 saturated heterocycles. The molecular formula is C25H28FN5O3. The van der Waals surface area contributed by atoms with Crippen molar-refractivity contribution < 1.29 is 13.9 Å². The third-order valence-electron chi connectivity index (χ3n) is 6.86. The summed E-state index contributed by atoms with van der Waals surface area (Å²) in [6, 6.07) is 10.2. The number of anilines is 1. The van der Waals surface area contributed by atoms with Crippen LogP contribution in [0.15, 0.2) is 47.4 Å². The Hall–Kier alpha value is -3.30. The molecule has 2 aliphatic heterocycles. The molecule has 5 rings (SSSR count). The molecule has 2 atom stereocenters. The van der Waals surface area contributed by atoms with E-state index in [1.165, 1.54) is 12.1 Å². The molecule has 34 heavy (non-hydrogen) atoms. The lowest BCUT2D eigenvalue weighted by atomic mass is 9.92. The molecule has 1 aromatic carbocycles. The van der Waals surface area contributed by atoms with Crippen LogP contribution in [0.2, 0.25) is 0 Å². The summed E-state index contributed by atoms with van der Waals surface area (Å²) < 4.78 is 19.5. The molecule has 2 fully saturated rings. The molecule has 3 aromatic rings. The first-order valence-corrected chi connectivity index (χ1v) is 11.6. The standard InChI is InChI=1S/C25H28FN5O3/c1-27-25(33)22-5-4-19(13-28-22)30-6-8-31(9-7-30)20-10-17(14-34-15-20)23-11-16-2-3-18(26)12-21(16)24(32)29-23/h2-5,11-13,17,20H,6-10,14-15H2,1H3,(H,27,33)(H,29,32)/t17-,20+/m0/s1. The number of pyridine rings is 2. The summed E-state index contributed by atoms with van der Waals surface area (Å²) in [5.41, 5.74) is 2.00. The van der Waals surface area contributed by atoms with Gasteiger partial charge in [-0.15, -0.1) is 0 Å². The Morgan fingerprint density at radius 1 is 1.15 bits per heavy atom.